The average Bonchev–Trinajstić information content (AvgIpc) is 2.87. The van der Waals surface area contributed by atoms with Crippen molar-refractivity contribution in [2.75, 3.05) is 7.05 Å². The van der Waals surface area contributed by atoms with Gasteiger partial charge in [0.15, 0.2) is 0 Å². The van der Waals surface area contributed by atoms with Crippen LogP contribution in [0.5, 0.6) is 0 Å². The molecule has 1 aromatic carbocycles. The van der Waals surface area contributed by atoms with E-state index in [0.717, 1.165) is 21.9 Å². The lowest BCUT2D eigenvalue weighted by molar-refractivity contribution is 0.658. The predicted molar refractivity (Wildman–Crippen MR) is 89.8 cm³/mol. The summed E-state index contributed by atoms with van der Waals surface area (Å²) < 4.78 is 0. The first-order valence-corrected chi connectivity index (χ1v) is 7.93. The predicted octanol–water partition coefficient (Wildman–Crippen LogP) is 4.26. The van der Waals surface area contributed by atoms with Gasteiger partial charge < -0.3 is 5.32 Å². The third-order valence-corrected chi connectivity index (χ3v) is 5.11. The number of hydrogen-bond donors (Lipinski definition) is 1. The standard InChI is InChI=1S/C17H19N3S/c1-10-9-14(13-7-5-6-8-15(13)19-10)17-20-12(3)16(21-17)11(2)18-4/h5-9,11,18H,1-4H3. The molecule has 1 unspecified atom stereocenters. The molecule has 108 valence electrons. The van der Waals surface area contributed by atoms with Gasteiger partial charge in [0.25, 0.3) is 0 Å². The zero-order valence-electron chi connectivity index (χ0n) is 12.8. The molecule has 3 aromatic rings. The van der Waals surface area contributed by atoms with Crippen LogP contribution in [0.25, 0.3) is 21.5 Å². The summed E-state index contributed by atoms with van der Waals surface area (Å²) in [6, 6.07) is 10.7. The second-order valence-electron chi connectivity index (χ2n) is 5.31. The van der Waals surface area contributed by atoms with Crippen LogP contribution >= 0.6 is 11.3 Å². The van der Waals surface area contributed by atoms with E-state index in [0.29, 0.717) is 6.04 Å². The molecular weight excluding hydrogens is 278 g/mol. The number of pyridine rings is 1. The zero-order valence-corrected chi connectivity index (χ0v) is 13.6. The fraction of sp³-hybridized carbons (Fsp3) is 0.294. The molecule has 0 spiro atoms. The third-order valence-electron chi connectivity index (χ3n) is 3.73. The van der Waals surface area contributed by atoms with Gasteiger partial charge in [0.05, 0.1) is 11.2 Å². The van der Waals surface area contributed by atoms with Crippen LogP contribution in [0, 0.1) is 13.8 Å². The molecule has 1 N–H and O–H groups in total. The van der Waals surface area contributed by atoms with Crippen molar-refractivity contribution >= 4 is 22.2 Å². The number of aromatic nitrogens is 2. The van der Waals surface area contributed by atoms with Crippen molar-refractivity contribution in [1.29, 1.82) is 0 Å². The Bertz CT molecular complexity index is 792. The molecule has 0 saturated carbocycles. The maximum absolute atomic E-state index is 4.79. The largest absolute Gasteiger partial charge is 0.312 e. The summed E-state index contributed by atoms with van der Waals surface area (Å²) >= 11 is 1.77. The molecule has 0 aliphatic heterocycles. The van der Waals surface area contributed by atoms with Crippen molar-refractivity contribution in [3.8, 4) is 10.6 Å². The maximum Gasteiger partial charge on any atom is 0.124 e. The van der Waals surface area contributed by atoms with Gasteiger partial charge in [-0.25, -0.2) is 4.98 Å². The van der Waals surface area contributed by atoms with Crippen LogP contribution in [0.3, 0.4) is 0 Å². The van der Waals surface area contributed by atoms with Crippen molar-refractivity contribution < 1.29 is 0 Å². The fourth-order valence-corrected chi connectivity index (χ4v) is 3.70. The first kappa shape index (κ1) is 14.2. The lowest BCUT2D eigenvalue weighted by atomic mass is 10.1. The minimum Gasteiger partial charge on any atom is -0.312 e. The molecule has 0 bridgehead atoms. The van der Waals surface area contributed by atoms with Crippen molar-refractivity contribution in [2.45, 2.75) is 26.8 Å². The molecular formula is C17H19N3S. The average molecular weight is 297 g/mol. The van der Waals surface area contributed by atoms with Gasteiger partial charge in [-0.1, -0.05) is 18.2 Å². The minimum atomic E-state index is 0.324. The molecule has 4 heteroatoms. The van der Waals surface area contributed by atoms with Crippen LogP contribution in [-0.4, -0.2) is 17.0 Å². The van der Waals surface area contributed by atoms with Gasteiger partial charge in [-0.2, -0.15) is 0 Å². The van der Waals surface area contributed by atoms with Crippen molar-refractivity contribution in [1.82, 2.24) is 15.3 Å². The molecule has 0 aliphatic carbocycles. The second-order valence-corrected chi connectivity index (χ2v) is 6.34. The zero-order chi connectivity index (χ0) is 15.0. The monoisotopic (exact) mass is 297 g/mol. The lowest BCUT2D eigenvalue weighted by Crippen LogP contribution is -2.11. The van der Waals surface area contributed by atoms with Gasteiger partial charge in [0.1, 0.15) is 5.01 Å². The molecule has 21 heavy (non-hydrogen) atoms. The number of para-hydroxylation sites is 1. The van der Waals surface area contributed by atoms with Crippen LogP contribution < -0.4 is 5.32 Å². The smallest absolute Gasteiger partial charge is 0.124 e. The highest BCUT2D eigenvalue weighted by atomic mass is 32.1. The van der Waals surface area contributed by atoms with E-state index in [9.17, 15) is 0 Å². The van der Waals surface area contributed by atoms with Crippen molar-refractivity contribution in [2.24, 2.45) is 0 Å². The molecule has 0 saturated heterocycles. The number of hydrogen-bond acceptors (Lipinski definition) is 4. The second kappa shape index (κ2) is 5.54. The van der Waals surface area contributed by atoms with E-state index in [2.05, 4.69) is 48.4 Å². The van der Waals surface area contributed by atoms with E-state index in [1.54, 1.807) is 11.3 Å². The Labute approximate surface area is 129 Å². The topological polar surface area (TPSA) is 37.8 Å². The van der Waals surface area contributed by atoms with Crippen LogP contribution in [0.4, 0.5) is 0 Å². The fourth-order valence-electron chi connectivity index (χ4n) is 2.54. The van der Waals surface area contributed by atoms with Gasteiger partial charge in [-0.15, -0.1) is 11.3 Å². The van der Waals surface area contributed by atoms with E-state index in [1.807, 2.05) is 20.0 Å². The quantitative estimate of drug-likeness (QED) is 0.785. The Morgan fingerprint density at radius 1 is 1.14 bits per heavy atom. The number of thiazole rings is 1. The minimum absolute atomic E-state index is 0.324. The number of rotatable bonds is 3. The molecule has 2 aromatic heterocycles. The highest BCUT2D eigenvalue weighted by Gasteiger charge is 2.16. The molecule has 3 rings (SSSR count). The molecule has 0 radical (unpaired) electrons. The Balaban J connectivity index is 2.21. The van der Waals surface area contributed by atoms with Gasteiger partial charge in [0, 0.05) is 27.6 Å². The van der Waals surface area contributed by atoms with E-state index in [-0.39, 0.29) is 0 Å². The molecule has 2 heterocycles. The Kier molecular flexibility index (Phi) is 3.74. The summed E-state index contributed by atoms with van der Waals surface area (Å²) in [5.74, 6) is 0. The molecule has 3 nitrogen and oxygen atoms in total. The first-order chi connectivity index (χ1) is 10.1. The number of fused-ring (bicyclic) bond motifs is 1. The number of aryl methyl sites for hydroxylation is 2. The Hall–Kier alpha value is -1.78. The third kappa shape index (κ3) is 2.57. The number of nitrogens with zero attached hydrogens (tertiary/aromatic N) is 2. The van der Waals surface area contributed by atoms with Gasteiger partial charge >= 0.3 is 0 Å². The van der Waals surface area contributed by atoms with E-state index < -0.39 is 0 Å². The van der Waals surface area contributed by atoms with E-state index in [1.165, 1.54) is 15.8 Å². The summed E-state index contributed by atoms with van der Waals surface area (Å²) in [4.78, 5) is 10.7. The first-order valence-electron chi connectivity index (χ1n) is 7.11. The van der Waals surface area contributed by atoms with Gasteiger partial charge in [-0.05, 0) is 40.0 Å². The summed E-state index contributed by atoms with van der Waals surface area (Å²) in [5, 5.41) is 5.54. The summed E-state index contributed by atoms with van der Waals surface area (Å²) in [7, 11) is 1.98. The number of benzene rings is 1. The summed E-state index contributed by atoms with van der Waals surface area (Å²) in [5.41, 5.74) is 4.35. The molecule has 0 aliphatic rings. The molecule has 0 fully saturated rings. The highest BCUT2D eigenvalue weighted by Crippen LogP contribution is 2.35. The molecule has 0 amide bonds. The van der Waals surface area contributed by atoms with E-state index in [4.69, 9.17) is 4.98 Å². The van der Waals surface area contributed by atoms with Crippen LogP contribution in [0.15, 0.2) is 30.3 Å². The van der Waals surface area contributed by atoms with Crippen LogP contribution in [0.2, 0.25) is 0 Å². The Morgan fingerprint density at radius 3 is 2.67 bits per heavy atom. The normalized spacial score (nSPS) is 12.8. The van der Waals surface area contributed by atoms with Crippen LogP contribution in [-0.2, 0) is 0 Å². The molecule has 1 atom stereocenters. The van der Waals surface area contributed by atoms with E-state index >= 15 is 0 Å². The summed E-state index contributed by atoms with van der Waals surface area (Å²) in [6.45, 7) is 6.28. The number of nitrogens with one attached hydrogen (secondary N) is 1. The van der Waals surface area contributed by atoms with Crippen LogP contribution in [0.1, 0.15) is 29.2 Å². The SMILES string of the molecule is CNC(C)c1sc(-c2cc(C)nc3ccccc23)nc1C. The summed E-state index contributed by atoms with van der Waals surface area (Å²) in [6.07, 6.45) is 0. The van der Waals surface area contributed by atoms with Gasteiger partial charge in [0.2, 0.25) is 0 Å². The van der Waals surface area contributed by atoms with Gasteiger partial charge in [-0.3, -0.25) is 4.98 Å². The van der Waals surface area contributed by atoms with Crippen molar-refractivity contribution in [3.63, 3.8) is 0 Å². The highest BCUT2D eigenvalue weighted by molar-refractivity contribution is 7.15. The lowest BCUT2D eigenvalue weighted by Gasteiger charge is -2.07. The Morgan fingerprint density at radius 2 is 1.90 bits per heavy atom. The van der Waals surface area contributed by atoms with Crippen molar-refractivity contribution in [3.05, 3.63) is 46.6 Å². The maximum atomic E-state index is 4.79.